The minimum atomic E-state index is -0.185. The monoisotopic (exact) mass is 302 g/mol. The van der Waals surface area contributed by atoms with Crippen molar-refractivity contribution in [1.29, 1.82) is 0 Å². The molecular formula is C16H22N4O2. The van der Waals surface area contributed by atoms with Crippen molar-refractivity contribution in [2.24, 2.45) is 11.7 Å². The summed E-state index contributed by atoms with van der Waals surface area (Å²) in [5, 5.41) is 4.01. The quantitative estimate of drug-likeness (QED) is 0.913. The maximum atomic E-state index is 6.23. The highest BCUT2D eigenvalue weighted by atomic mass is 16.5. The van der Waals surface area contributed by atoms with Gasteiger partial charge in [-0.05, 0) is 18.4 Å². The molecule has 0 radical (unpaired) electrons. The van der Waals surface area contributed by atoms with E-state index in [4.69, 9.17) is 15.0 Å². The molecule has 3 rings (SSSR count). The second-order valence-corrected chi connectivity index (χ2v) is 5.89. The molecule has 2 N–H and O–H groups in total. The molecule has 118 valence electrons. The van der Waals surface area contributed by atoms with Gasteiger partial charge in [0.15, 0.2) is 0 Å². The molecule has 1 aliphatic rings. The van der Waals surface area contributed by atoms with E-state index in [-0.39, 0.29) is 6.04 Å². The zero-order valence-corrected chi connectivity index (χ0v) is 12.9. The summed E-state index contributed by atoms with van der Waals surface area (Å²) in [4.78, 5) is 8.56. The lowest BCUT2D eigenvalue weighted by molar-refractivity contribution is 0.284. The van der Waals surface area contributed by atoms with Crippen LogP contribution in [0.25, 0.3) is 11.4 Å². The van der Waals surface area contributed by atoms with Crippen LogP contribution in [0.2, 0.25) is 0 Å². The average molecular weight is 302 g/mol. The highest BCUT2D eigenvalue weighted by Crippen LogP contribution is 2.31. The van der Waals surface area contributed by atoms with E-state index in [2.05, 4.69) is 15.1 Å². The Hall–Kier alpha value is -1.95. The largest absolute Gasteiger partial charge is 0.481 e. The number of nitrogens with zero attached hydrogens (tertiary/aromatic N) is 3. The topological polar surface area (TPSA) is 87.1 Å². The van der Waals surface area contributed by atoms with Crippen molar-refractivity contribution in [2.45, 2.75) is 44.6 Å². The second kappa shape index (κ2) is 6.87. The third kappa shape index (κ3) is 3.44. The number of methoxy groups -OCH3 is 1. The predicted molar refractivity (Wildman–Crippen MR) is 82.2 cm³/mol. The van der Waals surface area contributed by atoms with Gasteiger partial charge in [0.2, 0.25) is 17.6 Å². The molecule has 0 amide bonds. The van der Waals surface area contributed by atoms with Gasteiger partial charge in [-0.1, -0.05) is 37.3 Å². The smallest absolute Gasteiger partial charge is 0.243 e. The fourth-order valence-corrected chi connectivity index (χ4v) is 3.02. The average Bonchev–Trinajstić information content (AvgIpc) is 3.06. The molecule has 2 aromatic heterocycles. The van der Waals surface area contributed by atoms with Crippen LogP contribution in [0.4, 0.5) is 0 Å². The van der Waals surface area contributed by atoms with Gasteiger partial charge in [-0.25, -0.2) is 4.98 Å². The fourth-order valence-electron chi connectivity index (χ4n) is 3.02. The lowest BCUT2D eigenvalue weighted by atomic mass is 9.85. The molecule has 2 aromatic rings. The molecule has 22 heavy (non-hydrogen) atoms. The Morgan fingerprint density at radius 1 is 1.32 bits per heavy atom. The van der Waals surface area contributed by atoms with Gasteiger partial charge in [-0.3, -0.25) is 0 Å². The van der Waals surface area contributed by atoms with E-state index in [1.165, 1.54) is 32.1 Å². The molecule has 2 heterocycles. The SMILES string of the molecule is COc1ccc(-c2noc(C(N)CC3CCCCC3)n2)cn1. The van der Waals surface area contributed by atoms with Crippen molar-refractivity contribution in [3.05, 3.63) is 24.2 Å². The lowest BCUT2D eigenvalue weighted by Crippen LogP contribution is -2.17. The number of nitrogens with two attached hydrogens (primary N) is 1. The van der Waals surface area contributed by atoms with Crippen LogP contribution < -0.4 is 10.5 Å². The van der Waals surface area contributed by atoms with Gasteiger partial charge >= 0.3 is 0 Å². The van der Waals surface area contributed by atoms with Crippen LogP contribution in [0.3, 0.4) is 0 Å². The summed E-state index contributed by atoms with van der Waals surface area (Å²) in [6, 6.07) is 3.44. The van der Waals surface area contributed by atoms with Gasteiger partial charge in [0, 0.05) is 17.8 Å². The molecule has 1 aliphatic carbocycles. The molecule has 0 saturated heterocycles. The van der Waals surface area contributed by atoms with Gasteiger partial charge in [0.05, 0.1) is 13.2 Å². The number of ether oxygens (including phenoxy) is 1. The van der Waals surface area contributed by atoms with Crippen LogP contribution in [0.15, 0.2) is 22.9 Å². The van der Waals surface area contributed by atoms with E-state index < -0.39 is 0 Å². The van der Waals surface area contributed by atoms with Gasteiger partial charge in [-0.15, -0.1) is 0 Å². The number of hydrogen-bond donors (Lipinski definition) is 1. The first-order chi connectivity index (χ1) is 10.8. The minimum Gasteiger partial charge on any atom is -0.481 e. The standard InChI is InChI=1S/C16H22N4O2/c1-21-14-8-7-12(10-18-14)15-19-16(22-20-15)13(17)9-11-5-3-2-4-6-11/h7-8,10-11,13H,2-6,9,17H2,1H3. The number of aromatic nitrogens is 3. The van der Waals surface area contributed by atoms with E-state index in [9.17, 15) is 0 Å². The van der Waals surface area contributed by atoms with Gasteiger partial charge in [-0.2, -0.15) is 4.98 Å². The van der Waals surface area contributed by atoms with Crippen molar-refractivity contribution in [1.82, 2.24) is 15.1 Å². The Kier molecular flexibility index (Phi) is 4.68. The first-order valence-corrected chi connectivity index (χ1v) is 7.86. The van der Waals surface area contributed by atoms with Crippen LogP contribution in [-0.2, 0) is 0 Å². The maximum Gasteiger partial charge on any atom is 0.243 e. The Morgan fingerprint density at radius 3 is 2.82 bits per heavy atom. The first-order valence-electron chi connectivity index (χ1n) is 7.86. The van der Waals surface area contributed by atoms with E-state index in [0.717, 1.165) is 12.0 Å². The molecule has 0 spiro atoms. The zero-order chi connectivity index (χ0) is 15.4. The van der Waals surface area contributed by atoms with Gasteiger partial charge < -0.3 is 15.0 Å². The molecule has 1 unspecified atom stereocenters. The minimum absolute atomic E-state index is 0.185. The summed E-state index contributed by atoms with van der Waals surface area (Å²) in [7, 11) is 1.58. The number of rotatable bonds is 5. The molecule has 1 saturated carbocycles. The molecule has 6 heteroatoms. The summed E-state index contributed by atoms with van der Waals surface area (Å²) in [5.74, 6) is 2.27. The zero-order valence-electron chi connectivity index (χ0n) is 12.9. The van der Waals surface area contributed by atoms with Crippen molar-refractivity contribution in [2.75, 3.05) is 7.11 Å². The lowest BCUT2D eigenvalue weighted by Gasteiger charge is -2.22. The number of pyridine rings is 1. The Bertz CT molecular complexity index is 590. The molecular weight excluding hydrogens is 280 g/mol. The van der Waals surface area contributed by atoms with Gasteiger partial charge in [0.25, 0.3) is 0 Å². The summed E-state index contributed by atoms with van der Waals surface area (Å²) in [6.45, 7) is 0. The Balaban J connectivity index is 1.66. The summed E-state index contributed by atoms with van der Waals surface area (Å²) < 4.78 is 10.4. The molecule has 1 atom stereocenters. The Labute approximate surface area is 130 Å². The van der Waals surface area contributed by atoms with Crippen LogP contribution in [0.5, 0.6) is 5.88 Å². The first kappa shape index (κ1) is 15.0. The highest BCUT2D eigenvalue weighted by molar-refractivity contribution is 5.53. The van der Waals surface area contributed by atoms with Crippen LogP contribution in [0, 0.1) is 5.92 Å². The van der Waals surface area contributed by atoms with Crippen molar-refractivity contribution in [3.63, 3.8) is 0 Å². The summed E-state index contributed by atoms with van der Waals surface area (Å²) in [5.41, 5.74) is 7.02. The van der Waals surface area contributed by atoms with Crippen molar-refractivity contribution in [3.8, 4) is 17.3 Å². The fraction of sp³-hybridized carbons (Fsp3) is 0.562. The van der Waals surface area contributed by atoms with Crippen LogP contribution in [0.1, 0.15) is 50.5 Å². The van der Waals surface area contributed by atoms with Gasteiger partial charge in [0.1, 0.15) is 0 Å². The molecule has 0 bridgehead atoms. The van der Waals surface area contributed by atoms with Crippen molar-refractivity contribution < 1.29 is 9.26 Å². The van der Waals surface area contributed by atoms with E-state index in [0.29, 0.717) is 23.5 Å². The maximum absolute atomic E-state index is 6.23. The third-order valence-corrected chi connectivity index (χ3v) is 4.27. The molecule has 0 aliphatic heterocycles. The van der Waals surface area contributed by atoms with Crippen molar-refractivity contribution >= 4 is 0 Å². The molecule has 1 fully saturated rings. The van der Waals surface area contributed by atoms with Crippen LogP contribution in [-0.4, -0.2) is 22.2 Å². The molecule has 6 nitrogen and oxygen atoms in total. The predicted octanol–water partition coefficient (Wildman–Crippen LogP) is 3.11. The molecule has 0 aromatic carbocycles. The van der Waals surface area contributed by atoms with E-state index >= 15 is 0 Å². The van der Waals surface area contributed by atoms with Crippen LogP contribution >= 0.6 is 0 Å². The van der Waals surface area contributed by atoms with E-state index in [1.54, 1.807) is 19.4 Å². The highest BCUT2D eigenvalue weighted by Gasteiger charge is 2.22. The third-order valence-electron chi connectivity index (χ3n) is 4.27. The number of hydrogen-bond acceptors (Lipinski definition) is 6. The normalized spacial score (nSPS) is 17.4. The summed E-state index contributed by atoms with van der Waals surface area (Å²) in [6.07, 6.45) is 9.08. The summed E-state index contributed by atoms with van der Waals surface area (Å²) >= 11 is 0. The van der Waals surface area contributed by atoms with E-state index in [1.807, 2.05) is 6.07 Å². The second-order valence-electron chi connectivity index (χ2n) is 5.89. The Morgan fingerprint density at radius 2 is 2.14 bits per heavy atom.